The third-order valence-electron chi connectivity index (χ3n) is 1.55. The van der Waals surface area contributed by atoms with E-state index in [0.717, 1.165) is 24.3 Å². The summed E-state index contributed by atoms with van der Waals surface area (Å²) in [6.07, 6.45) is 0. The molecule has 0 bridgehead atoms. The summed E-state index contributed by atoms with van der Waals surface area (Å²) in [5.41, 5.74) is -0.258. The molecule has 7 nitrogen and oxygen atoms in total. The van der Waals surface area contributed by atoms with E-state index in [0.29, 0.717) is 0 Å². The van der Waals surface area contributed by atoms with Gasteiger partial charge in [-0.1, -0.05) is 0 Å². The minimum Gasteiger partial charge on any atom is -0.478 e. The zero-order chi connectivity index (χ0) is 12.3. The average Bonchev–Trinajstić information content (AvgIpc) is 2.15. The molecule has 0 saturated heterocycles. The van der Waals surface area contributed by atoms with Gasteiger partial charge in [0.05, 0.1) is 11.1 Å². The molecule has 0 saturated carbocycles. The average molecular weight is 246 g/mol. The number of hydrogen-bond donors (Lipinski definition) is 2. The number of carbonyl (C=O) groups is 2. The van der Waals surface area contributed by atoms with Crippen molar-refractivity contribution in [3.63, 3.8) is 0 Å². The number of carbonyl (C=O) groups excluding carboxylic acids is 1. The van der Waals surface area contributed by atoms with E-state index in [1.54, 1.807) is 0 Å². The van der Waals surface area contributed by atoms with Crippen molar-refractivity contribution in [2.24, 2.45) is 0 Å². The van der Waals surface area contributed by atoms with E-state index in [1.165, 1.54) is 0 Å². The predicted molar refractivity (Wildman–Crippen MR) is 50.4 cm³/mol. The lowest BCUT2D eigenvalue weighted by atomic mass is 10.1. The molecule has 0 unspecified atom stereocenters. The smallest absolute Gasteiger partial charge is 0.449 e. The Morgan fingerprint density at radius 3 is 1.88 bits per heavy atom. The Kier molecular flexibility index (Phi) is 3.25. The summed E-state index contributed by atoms with van der Waals surface area (Å²) in [6.45, 7) is 0. The van der Waals surface area contributed by atoms with Gasteiger partial charge >= 0.3 is 22.3 Å². The first-order valence-corrected chi connectivity index (χ1v) is 5.21. The van der Waals surface area contributed by atoms with Gasteiger partial charge in [0.15, 0.2) is 0 Å². The monoisotopic (exact) mass is 246 g/mol. The van der Waals surface area contributed by atoms with Crippen LogP contribution < -0.4 is 0 Å². The van der Waals surface area contributed by atoms with Gasteiger partial charge in [0.2, 0.25) is 0 Å². The van der Waals surface area contributed by atoms with Gasteiger partial charge in [-0.15, -0.1) is 0 Å². The lowest BCUT2D eigenvalue weighted by Gasteiger charge is -2.00. The number of aromatic carboxylic acids is 1. The van der Waals surface area contributed by atoms with Gasteiger partial charge < -0.3 is 9.29 Å². The zero-order valence-corrected chi connectivity index (χ0v) is 8.47. The highest BCUT2D eigenvalue weighted by atomic mass is 32.3. The third-order valence-corrected chi connectivity index (χ3v) is 1.91. The first-order valence-electron chi connectivity index (χ1n) is 3.84. The van der Waals surface area contributed by atoms with Crippen LogP contribution in [0.1, 0.15) is 20.7 Å². The summed E-state index contributed by atoms with van der Waals surface area (Å²) in [6, 6.07) is 4.33. The fourth-order valence-electron chi connectivity index (χ4n) is 0.893. The molecule has 0 aromatic heterocycles. The highest BCUT2D eigenvalue weighted by Crippen LogP contribution is 2.07. The molecule has 0 atom stereocenters. The van der Waals surface area contributed by atoms with E-state index in [2.05, 4.69) is 4.18 Å². The molecule has 0 radical (unpaired) electrons. The van der Waals surface area contributed by atoms with Crippen LogP contribution in [0, 0.1) is 0 Å². The Labute approximate surface area is 90.2 Å². The summed E-state index contributed by atoms with van der Waals surface area (Å²) in [4.78, 5) is 21.5. The van der Waals surface area contributed by atoms with E-state index in [9.17, 15) is 18.0 Å². The lowest BCUT2D eigenvalue weighted by Crippen LogP contribution is -2.12. The maximum Gasteiger partial charge on any atom is 0.449 e. The highest BCUT2D eigenvalue weighted by Gasteiger charge is 2.15. The van der Waals surface area contributed by atoms with Crippen molar-refractivity contribution in [1.82, 2.24) is 0 Å². The van der Waals surface area contributed by atoms with Gasteiger partial charge in [-0.3, -0.25) is 4.55 Å². The van der Waals surface area contributed by atoms with Gasteiger partial charge in [0, 0.05) is 0 Å². The summed E-state index contributed by atoms with van der Waals surface area (Å²) in [5.74, 6) is -2.48. The van der Waals surface area contributed by atoms with Crippen LogP contribution in [0.25, 0.3) is 0 Å². The van der Waals surface area contributed by atoms with Crippen LogP contribution in [0.4, 0.5) is 0 Å². The van der Waals surface area contributed by atoms with Gasteiger partial charge in [0.25, 0.3) is 0 Å². The fourth-order valence-corrected chi connectivity index (χ4v) is 1.18. The SMILES string of the molecule is O=C(O)c1ccc(C(=O)OS(=O)(=O)O)cc1. The first-order chi connectivity index (χ1) is 7.29. The number of hydrogen-bond acceptors (Lipinski definition) is 5. The predicted octanol–water partition coefficient (Wildman–Crippen LogP) is 0.344. The third kappa shape index (κ3) is 3.33. The van der Waals surface area contributed by atoms with Crippen LogP contribution in [-0.4, -0.2) is 30.0 Å². The summed E-state index contributed by atoms with van der Waals surface area (Å²) >= 11 is 0. The van der Waals surface area contributed by atoms with E-state index >= 15 is 0 Å². The normalized spacial score (nSPS) is 10.8. The van der Waals surface area contributed by atoms with Gasteiger partial charge in [0.1, 0.15) is 0 Å². The molecule has 1 aromatic rings. The largest absolute Gasteiger partial charge is 0.478 e. The molecule has 0 aliphatic heterocycles. The Bertz CT molecular complexity index is 514. The second-order valence-corrected chi connectivity index (χ2v) is 3.70. The minimum absolute atomic E-state index is 0.0663. The lowest BCUT2D eigenvalue weighted by molar-refractivity contribution is 0.0689. The van der Waals surface area contributed by atoms with Crippen LogP contribution in [0.3, 0.4) is 0 Å². The quantitative estimate of drug-likeness (QED) is 0.738. The molecule has 16 heavy (non-hydrogen) atoms. The van der Waals surface area contributed by atoms with Crippen molar-refractivity contribution in [2.75, 3.05) is 0 Å². The van der Waals surface area contributed by atoms with Crippen molar-refractivity contribution < 1.29 is 31.8 Å². The molecular formula is C8H6O7S. The molecule has 0 aliphatic rings. The second kappa shape index (κ2) is 4.29. The Morgan fingerprint density at radius 2 is 1.50 bits per heavy atom. The standard InChI is InChI=1S/C8H6O7S/c9-7(10)5-1-3-6(4-2-5)8(11)15-16(12,13)14/h1-4H,(H,9,10)(H,12,13,14). The number of benzene rings is 1. The van der Waals surface area contributed by atoms with E-state index in [4.69, 9.17) is 9.66 Å². The highest BCUT2D eigenvalue weighted by molar-refractivity contribution is 7.81. The molecular weight excluding hydrogens is 240 g/mol. The topological polar surface area (TPSA) is 118 Å². The van der Waals surface area contributed by atoms with Gasteiger partial charge in [-0.25, -0.2) is 9.59 Å². The summed E-state index contributed by atoms with van der Waals surface area (Å²) in [7, 11) is -4.86. The molecule has 0 amide bonds. The molecule has 86 valence electrons. The maximum absolute atomic E-state index is 11.0. The number of carboxylic acids is 1. The summed E-state index contributed by atoms with van der Waals surface area (Å²) < 4.78 is 32.3. The van der Waals surface area contributed by atoms with Crippen LogP contribution in [0.5, 0.6) is 0 Å². The molecule has 0 aliphatic carbocycles. The Morgan fingerprint density at radius 1 is 1.06 bits per heavy atom. The van der Waals surface area contributed by atoms with Crippen molar-refractivity contribution >= 4 is 22.3 Å². The van der Waals surface area contributed by atoms with Gasteiger partial charge in [-0.2, -0.15) is 8.42 Å². The molecule has 8 heteroatoms. The van der Waals surface area contributed by atoms with E-state index < -0.39 is 22.3 Å². The van der Waals surface area contributed by atoms with Crippen molar-refractivity contribution in [1.29, 1.82) is 0 Å². The van der Waals surface area contributed by atoms with Crippen molar-refractivity contribution in [3.05, 3.63) is 35.4 Å². The maximum atomic E-state index is 11.0. The van der Waals surface area contributed by atoms with E-state index in [1.807, 2.05) is 0 Å². The molecule has 2 N–H and O–H groups in total. The van der Waals surface area contributed by atoms with Crippen molar-refractivity contribution in [3.8, 4) is 0 Å². The van der Waals surface area contributed by atoms with Crippen LogP contribution in [-0.2, 0) is 14.6 Å². The molecule has 1 aromatic carbocycles. The molecule has 0 spiro atoms. The molecule has 0 fully saturated rings. The fraction of sp³-hybridized carbons (Fsp3) is 0. The van der Waals surface area contributed by atoms with Crippen LogP contribution in [0.2, 0.25) is 0 Å². The second-order valence-electron chi connectivity index (χ2n) is 2.68. The first kappa shape index (κ1) is 12.1. The van der Waals surface area contributed by atoms with Crippen LogP contribution >= 0.6 is 0 Å². The minimum atomic E-state index is -4.86. The zero-order valence-electron chi connectivity index (χ0n) is 7.65. The Balaban J connectivity index is 2.90. The molecule has 0 heterocycles. The van der Waals surface area contributed by atoms with E-state index in [-0.39, 0.29) is 11.1 Å². The van der Waals surface area contributed by atoms with Gasteiger partial charge in [-0.05, 0) is 24.3 Å². The Hall–Kier alpha value is -1.93. The number of rotatable bonds is 3. The summed E-state index contributed by atoms with van der Waals surface area (Å²) in [5, 5.41) is 8.55. The number of carboxylic acid groups (broad SMARTS) is 1. The van der Waals surface area contributed by atoms with Crippen LogP contribution in [0.15, 0.2) is 24.3 Å². The molecule has 1 rings (SSSR count). The van der Waals surface area contributed by atoms with Crippen molar-refractivity contribution in [2.45, 2.75) is 0 Å².